The molecule has 0 bridgehead atoms. The fraction of sp³-hybridized carbons (Fsp3) is 0.286. The number of nitrogens with two attached hydrogens (primary N) is 1. The zero-order valence-corrected chi connectivity index (χ0v) is 12.6. The van der Waals surface area contributed by atoms with Gasteiger partial charge in [0.2, 0.25) is 5.88 Å². The predicted octanol–water partition coefficient (Wildman–Crippen LogP) is 2.92. The molecule has 0 spiro atoms. The van der Waals surface area contributed by atoms with Crippen molar-refractivity contribution >= 4 is 17.4 Å². The fourth-order valence-electron chi connectivity index (χ4n) is 1.80. The smallest absolute Gasteiger partial charge is 0.224 e. The maximum atomic E-state index is 6.09. The number of hydrogen-bond donors (Lipinski definition) is 2. The lowest BCUT2D eigenvalue weighted by atomic mass is 10.1. The SMILES string of the molecule is CCc1cc(Oc2cc(NN)nc(COC)n2)ccc1Cl. The topological polar surface area (TPSA) is 82.3 Å². The molecule has 21 heavy (non-hydrogen) atoms. The van der Waals surface area contributed by atoms with Crippen LogP contribution in [0, 0.1) is 0 Å². The number of aromatic nitrogens is 2. The van der Waals surface area contributed by atoms with Crippen LogP contribution >= 0.6 is 11.6 Å². The molecule has 0 saturated heterocycles. The number of nitrogen functional groups attached to an aromatic ring is 1. The molecule has 7 heteroatoms. The lowest BCUT2D eigenvalue weighted by molar-refractivity contribution is 0.177. The fourth-order valence-corrected chi connectivity index (χ4v) is 2.05. The highest BCUT2D eigenvalue weighted by Crippen LogP contribution is 2.26. The summed E-state index contributed by atoms with van der Waals surface area (Å²) in [7, 11) is 1.57. The molecule has 0 amide bonds. The molecule has 0 aliphatic heterocycles. The van der Waals surface area contributed by atoms with E-state index < -0.39 is 0 Å². The molecule has 0 unspecified atom stereocenters. The van der Waals surface area contributed by atoms with E-state index in [1.807, 2.05) is 13.0 Å². The number of benzene rings is 1. The lowest BCUT2D eigenvalue weighted by Crippen LogP contribution is -2.11. The number of rotatable bonds is 6. The molecule has 0 aliphatic rings. The maximum absolute atomic E-state index is 6.09. The summed E-state index contributed by atoms with van der Waals surface area (Å²) < 4.78 is 10.8. The number of nitrogens with zero attached hydrogens (tertiary/aromatic N) is 2. The Bertz CT molecular complexity index is 622. The molecule has 3 N–H and O–H groups in total. The highest BCUT2D eigenvalue weighted by Gasteiger charge is 2.07. The Kier molecular flexibility index (Phi) is 5.32. The summed E-state index contributed by atoms with van der Waals surface area (Å²) >= 11 is 6.09. The van der Waals surface area contributed by atoms with Gasteiger partial charge < -0.3 is 14.9 Å². The second-order valence-corrected chi connectivity index (χ2v) is 4.70. The van der Waals surface area contributed by atoms with Crippen molar-refractivity contribution in [1.29, 1.82) is 0 Å². The first-order valence-electron chi connectivity index (χ1n) is 6.46. The van der Waals surface area contributed by atoms with Crippen molar-refractivity contribution in [3.05, 3.63) is 40.7 Å². The van der Waals surface area contributed by atoms with Gasteiger partial charge in [0.1, 0.15) is 18.2 Å². The molecule has 2 rings (SSSR count). The Hall–Kier alpha value is -1.89. The minimum atomic E-state index is 0.271. The van der Waals surface area contributed by atoms with Crippen molar-refractivity contribution in [1.82, 2.24) is 9.97 Å². The van der Waals surface area contributed by atoms with E-state index in [1.54, 1.807) is 25.3 Å². The first kappa shape index (κ1) is 15.5. The summed E-state index contributed by atoms with van der Waals surface area (Å²) in [6.07, 6.45) is 0.824. The van der Waals surface area contributed by atoms with Crippen LogP contribution in [-0.2, 0) is 17.8 Å². The summed E-state index contributed by atoms with van der Waals surface area (Å²) in [5.41, 5.74) is 3.49. The van der Waals surface area contributed by atoms with Crippen LogP contribution in [0.4, 0.5) is 5.82 Å². The van der Waals surface area contributed by atoms with Crippen LogP contribution in [0.3, 0.4) is 0 Å². The van der Waals surface area contributed by atoms with Crippen LogP contribution in [-0.4, -0.2) is 17.1 Å². The minimum absolute atomic E-state index is 0.271. The molecule has 112 valence electrons. The van der Waals surface area contributed by atoms with Crippen LogP contribution in [0.25, 0.3) is 0 Å². The van der Waals surface area contributed by atoms with E-state index in [0.717, 1.165) is 17.0 Å². The maximum Gasteiger partial charge on any atom is 0.224 e. The molecule has 6 nitrogen and oxygen atoms in total. The summed E-state index contributed by atoms with van der Waals surface area (Å²) in [6.45, 7) is 2.30. The molecule has 0 atom stereocenters. The molecule has 1 aromatic carbocycles. The largest absolute Gasteiger partial charge is 0.439 e. The third-order valence-corrected chi connectivity index (χ3v) is 3.16. The summed E-state index contributed by atoms with van der Waals surface area (Å²) in [6, 6.07) is 7.08. The number of hydrazine groups is 1. The second kappa shape index (κ2) is 7.21. The second-order valence-electron chi connectivity index (χ2n) is 4.29. The standard InChI is InChI=1S/C14H17ClN4O2/c1-3-9-6-10(4-5-11(9)15)21-14-7-12(19-16)17-13(18-14)8-20-2/h4-7H,3,8,16H2,1-2H3,(H,17,18,19). The monoisotopic (exact) mass is 308 g/mol. The van der Waals surface area contributed by atoms with Crippen molar-refractivity contribution in [2.75, 3.05) is 12.5 Å². The third-order valence-electron chi connectivity index (χ3n) is 2.79. The summed E-state index contributed by atoms with van der Waals surface area (Å²) in [4.78, 5) is 8.42. The zero-order valence-electron chi connectivity index (χ0n) is 11.9. The van der Waals surface area contributed by atoms with Gasteiger partial charge in [0.25, 0.3) is 0 Å². The van der Waals surface area contributed by atoms with E-state index >= 15 is 0 Å². The van der Waals surface area contributed by atoms with E-state index in [2.05, 4.69) is 15.4 Å². The Morgan fingerprint density at radius 1 is 1.29 bits per heavy atom. The average molecular weight is 309 g/mol. The van der Waals surface area contributed by atoms with Gasteiger partial charge in [-0.2, -0.15) is 4.98 Å². The Morgan fingerprint density at radius 2 is 2.10 bits per heavy atom. The van der Waals surface area contributed by atoms with Crippen molar-refractivity contribution in [3.63, 3.8) is 0 Å². The number of hydrogen-bond acceptors (Lipinski definition) is 6. The van der Waals surface area contributed by atoms with E-state index in [1.165, 1.54) is 0 Å². The normalized spacial score (nSPS) is 10.5. The number of aryl methyl sites for hydroxylation is 1. The number of nitrogens with one attached hydrogen (secondary N) is 1. The predicted molar refractivity (Wildman–Crippen MR) is 81.5 cm³/mol. The van der Waals surface area contributed by atoms with Gasteiger partial charge in [0, 0.05) is 18.2 Å². The number of ether oxygens (including phenoxy) is 2. The minimum Gasteiger partial charge on any atom is -0.439 e. The van der Waals surface area contributed by atoms with E-state index in [4.69, 9.17) is 26.9 Å². The first-order chi connectivity index (χ1) is 10.2. The van der Waals surface area contributed by atoms with E-state index in [0.29, 0.717) is 23.3 Å². The molecular weight excluding hydrogens is 292 g/mol. The van der Waals surface area contributed by atoms with Crippen molar-refractivity contribution in [2.45, 2.75) is 20.0 Å². The van der Waals surface area contributed by atoms with Crippen LogP contribution in [0.1, 0.15) is 18.3 Å². The van der Waals surface area contributed by atoms with Gasteiger partial charge in [0.15, 0.2) is 5.82 Å². The van der Waals surface area contributed by atoms with Gasteiger partial charge in [-0.25, -0.2) is 10.8 Å². The first-order valence-corrected chi connectivity index (χ1v) is 6.83. The van der Waals surface area contributed by atoms with Gasteiger partial charge in [-0.3, -0.25) is 0 Å². The number of anilines is 1. The molecular formula is C14H17ClN4O2. The Balaban J connectivity index is 2.27. The molecule has 0 radical (unpaired) electrons. The van der Waals surface area contributed by atoms with Crippen LogP contribution in [0.2, 0.25) is 5.02 Å². The number of methoxy groups -OCH3 is 1. The van der Waals surface area contributed by atoms with Gasteiger partial charge >= 0.3 is 0 Å². The van der Waals surface area contributed by atoms with Gasteiger partial charge in [0.05, 0.1) is 0 Å². The van der Waals surface area contributed by atoms with Gasteiger partial charge in [-0.1, -0.05) is 18.5 Å². The molecule has 1 heterocycles. The Labute approximate surface area is 128 Å². The van der Waals surface area contributed by atoms with Crippen molar-refractivity contribution in [2.24, 2.45) is 5.84 Å². The number of halogens is 1. The Morgan fingerprint density at radius 3 is 2.76 bits per heavy atom. The van der Waals surface area contributed by atoms with Crippen LogP contribution < -0.4 is 16.0 Å². The van der Waals surface area contributed by atoms with Crippen molar-refractivity contribution in [3.8, 4) is 11.6 Å². The van der Waals surface area contributed by atoms with Gasteiger partial charge in [-0.05, 0) is 30.2 Å². The lowest BCUT2D eigenvalue weighted by Gasteiger charge is -2.10. The molecule has 2 aromatic rings. The van der Waals surface area contributed by atoms with Crippen molar-refractivity contribution < 1.29 is 9.47 Å². The van der Waals surface area contributed by atoms with Crippen LogP contribution in [0.15, 0.2) is 24.3 Å². The van der Waals surface area contributed by atoms with E-state index in [-0.39, 0.29) is 6.61 Å². The quantitative estimate of drug-likeness (QED) is 0.630. The molecule has 0 aliphatic carbocycles. The summed E-state index contributed by atoms with van der Waals surface area (Å²) in [5, 5.41) is 0.719. The van der Waals surface area contributed by atoms with Gasteiger partial charge in [-0.15, -0.1) is 0 Å². The summed E-state index contributed by atoms with van der Waals surface area (Å²) in [5.74, 6) is 7.36. The third kappa shape index (κ3) is 4.04. The molecule has 0 fully saturated rings. The average Bonchev–Trinajstić information content (AvgIpc) is 2.49. The molecule has 0 saturated carbocycles. The van der Waals surface area contributed by atoms with E-state index in [9.17, 15) is 0 Å². The highest BCUT2D eigenvalue weighted by atomic mass is 35.5. The zero-order chi connectivity index (χ0) is 15.2. The van der Waals surface area contributed by atoms with Crippen LogP contribution in [0.5, 0.6) is 11.6 Å². The highest BCUT2D eigenvalue weighted by molar-refractivity contribution is 6.31. The molecule has 1 aromatic heterocycles.